The predicted molar refractivity (Wildman–Crippen MR) is 52.4 cm³/mol. The van der Waals surface area contributed by atoms with E-state index >= 15 is 0 Å². The molecule has 0 radical (unpaired) electrons. The van der Waals surface area contributed by atoms with Gasteiger partial charge in [0, 0.05) is 0 Å². The molecule has 0 heterocycles. The van der Waals surface area contributed by atoms with E-state index in [2.05, 4.69) is 41.2 Å². The van der Waals surface area contributed by atoms with E-state index in [9.17, 15) is 0 Å². The van der Waals surface area contributed by atoms with Crippen LogP contribution < -0.4 is 0 Å². The largest absolute Gasteiger partial charge is 0.103 e. The van der Waals surface area contributed by atoms with Crippen LogP contribution >= 0.6 is 0 Å². The highest BCUT2D eigenvalue weighted by atomic mass is 13.5. The predicted octanol–water partition coefficient (Wildman–Crippen LogP) is 4.42. The van der Waals surface area contributed by atoms with Gasteiger partial charge in [0.15, 0.2) is 0 Å². The van der Waals surface area contributed by atoms with E-state index in [1.54, 1.807) is 0 Å². The fraction of sp³-hybridized carbons (Fsp3) is 0.800. The molecule has 0 saturated carbocycles. The minimum absolute atomic E-state index is 1.08. The topological polar surface area (TPSA) is 0 Å². The van der Waals surface area contributed by atoms with Gasteiger partial charge in [-0.05, 0) is 6.42 Å². The van der Waals surface area contributed by atoms with Gasteiger partial charge in [0.05, 0.1) is 0 Å². The Morgan fingerprint density at radius 3 is 1.00 bits per heavy atom. The summed E-state index contributed by atoms with van der Waals surface area (Å²) in [5.74, 6) is 0. The highest BCUT2D eigenvalue weighted by molar-refractivity contribution is 4.60. The molecule has 0 aliphatic heterocycles. The van der Waals surface area contributed by atoms with Gasteiger partial charge in [0.1, 0.15) is 0 Å². The lowest BCUT2D eigenvalue weighted by atomic mass is 10.5. The first-order valence-corrected chi connectivity index (χ1v) is 4.35. The molecule has 0 unspecified atom stereocenters. The van der Waals surface area contributed by atoms with Crippen molar-refractivity contribution in [2.24, 2.45) is 0 Å². The Morgan fingerprint density at radius 1 is 0.900 bits per heavy atom. The standard InChI is InChI=1S/C4H8.2C3H8/c1-3-4-2;2*1-3-2/h3H,1,4H2,2H3;2*3H2,1-2H3. The number of hydrogen-bond acceptors (Lipinski definition) is 0. The van der Waals surface area contributed by atoms with Gasteiger partial charge in [-0.3, -0.25) is 0 Å². The first-order chi connectivity index (χ1) is 4.74. The van der Waals surface area contributed by atoms with Crippen LogP contribution in [-0.4, -0.2) is 0 Å². The molecule has 0 aliphatic rings. The summed E-state index contributed by atoms with van der Waals surface area (Å²) in [6.07, 6.45) is 5.46. The summed E-state index contributed by atoms with van der Waals surface area (Å²) in [6.45, 7) is 14.0. The molecule has 0 heteroatoms. The molecule has 0 aromatic heterocycles. The van der Waals surface area contributed by atoms with Crippen molar-refractivity contribution in [2.45, 2.75) is 53.9 Å². The van der Waals surface area contributed by atoms with Crippen LogP contribution in [-0.2, 0) is 0 Å². The Balaban J connectivity index is -0.0000000750. The molecular formula is C10H24. The lowest BCUT2D eigenvalue weighted by molar-refractivity contribution is 1.09. The van der Waals surface area contributed by atoms with Gasteiger partial charge in [0.2, 0.25) is 0 Å². The van der Waals surface area contributed by atoms with Crippen molar-refractivity contribution < 1.29 is 0 Å². The highest BCUT2D eigenvalue weighted by Crippen LogP contribution is 1.66. The smallest absolute Gasteiger partial charge is 0.0382 e. The van der Waals surface area contributed by atoms with Crippen LogP contribution in [0, 0.1) is 0 Å². The summed E-state index contributed by atoms with van der Waals surface area (Å²) in [4.78, 5) is 0. The zero-order chi connectivity index (χ0) is 8.83. The van der Waals surface area contributed by atoms with Gasteiger partial charge in [-0.1, -0.05) is 53.5 Å². The van der Waals surface area contributed by atoms with Gasteiger partial charge in [0.25, 0.3) is 0 Å². The third-order valence-corrected chi connectivity index (χ3v) is 0.289. The zero-order valence-corrected chi connectivity index (χ0v) is 8.41. The second-order valence-corrected chi connectivity index (χ2v) is 2.11. The Hall–Kier alpha value is -0.260. The lowest BCUT2D eigenvalue weighted by Gasteiger charge is -1.57. The third-order valence-electron chi connectivity index (χ3n) is 0.289. The van der Waals surface area contributed by atoms with Gasteiger partial charge in [-0.2, -0.15) is 0 Å². The molecule has 64 valence electrons. The van der Waals surface area contributed by atoms with E-state index in [4.69, 9.17) is 0 Å². The molecule has 0 aromatic rings. The Morgan fingerprint density at radius 2 is 1.00 bits per heavy atom. The van der Waals surface area contributed by atoms with Gasteiger partial charge >= 0.3 is 0 Å². The van der Waals surface area contributed by atoms with Crippen molar-refractivity contribution in [3.8, 4) is 0 Å². The quantitative estimate of drug-likeness (QED) is 0.478. The summed E-state index contributed by atoms with van der Waals surface area (Å²) in [6, 6.07) is 0. The van der Waals surface area contributed by atoms with Crippen LogP contribution in [0.1, 0.15) is 53.9 Å². The van der Waals surface area contributed by atoms with Gasteiger partial charge < -0.3 is 0 Å². The van der Waals surface area contributed by atoms with Gasteiger partial charge in [-0.25, -0.2) is 0 Å². The summed E-state index contributed by atoms with van der Waals surface area (Å²) in [5.41, 5.74) is 0. The Kier molecular flexibility index (Phi) is 61.3. The first-order valence-electron chi connectivity index (χ1n) is 4.35. The summed E-state index contributed by atoms with van der Waals surface area (Å²) < 4.78 is 0. The second-order valence-electron chi connectivity index (χ2n) is 2.11. The monoisotopic (exact) mass is 144 g/mol. The molecule has 0 atom stereocenters. The molecule has 0 saturated heterocycles. The summed E-state index contributed by atoms with van der Waals surface area (Å²) in [5, 5.41) is 0. The maximum absolute atomic E-state index is 3.48. The molecule has 0 spiro atoms. The maximum Gasteiger partial charge on any atom is -0.0382 e. The number of allylic oxidation sites excluding steroid dienone is 1. The van der Waals surface area contributed by atoms with Crippen LogP contribution in [0.25, 0.3) is 0 Å². The fourth-order valence-electron chi connectivity index (χ4n) is 0. The zero-order valence-electron chi connectivity index (χ0n) is 8.41. The average Bonchev–Trinajstić information content (AvgIpc) is 1.91. The lowest BCUT2D eigenvalue weighted by Crippen LogP contribution is -1.36. The molecule has 0 amide bonds. The van der Waals surface area contributed by atoms with Crippen LogP contribution in [0.3, 0.4) is 0 Å². The SMILES string of the molecule is C=CCC.CCC.CCC. The molecule has 0 fully saturated rings. The molecule has 10 heavy (non-hydrogen) atoms. The molecule has 0 aliphatic carbocycles. The molecular weight excluding hydrogens is 120 g/mol. The Labute approximate surface area is 67.3 Å². The summed E-state index contributed by atoms with van der Waals surface area (Å²) >= 11 is 0. The van der Waals surface area contributed by atoms with Crippen LogP contribution in [0.4, 0.5) is 0 Å². The molecule has 0 nitrogen and oxygen atoms in total. The van der Waals surface area contributed by atoms with Gasteiger partial charge in [-0.15, -0.1) is 6.58 Å². The van der Waals surface area contributed by atoms with E-state index in [-0.39, 0.29) is 0 Å². The summed E-state index contributed by atoms with van der Waals surface area (Å²) in [7, 11) is 0. The Bertz CT molecular complexity index is 27.0. The van der Waals surface area contributed by atoms with Crippen molar-refractivity contribution in [1.29, 1.82) is 0 Å². The molecule has 0 aromatic carbocycles. The first kappa shape index (κ1) is 16.4. The highest BCUT2D eigenvalue weighted by Gasteiger charge is 1.45. The van der Waals surface area contributed by atoms with E-state index in [1.165, 1.54) is 12.8 Å². The van der Waals surface area contributed by atoms with Crippen molar-refractivity contribution in [3.05, 3.63) is 12.7 Å². The van der Waals surface area contributed by atoms with Crippen molar-refractivity contribution in [3.63, 3.8) is 0 Å². The van der Waals surface area contributed by atoms with E-state index < -0.39 is 0 Å². The normalized spacial score (nSPS) is 6.10. The van der Waals surface area contributed by atoms with Crippen molar-refractivity contribution in [2.75, 3.05) is 0 Å². The van der Waals surface area contributed by atoms with Crippen LogP contribution in [0.2, 0.25) is 0 Å². The van der Waals surface area contributed by atoms with E-state index in [0.29, 0.717) is 0 Å². The third kappa shape index (κ3) is 642. The van der Waals surface area contributed by atoms with E-state index in [0.717, 1.165) is 6.42 Å². The molecule has 0 rings (SSSR count). The second kappa shape index (κ2) is 37.4. The van der Waals surface area contributed by atoms with Crippen LogP contribution in [0.5, 0.6) is 0 Å². The fourth-order valence-corrected chi connectivity index (χ4v) is 0. The maximum atomic E-state index is 3.48. The number of rotatable bonds is 1. The molecule has 0 bridgehead atoms. The van der Waals surface area contributed by atoms with Crippen molar-refractivity contribution >= 4 is 0 Å². The minimum atomic E-state index is 1.08. The number of hydrogen-bond donors (Lipinski definition) is 0. The van der Waals surface area contributed by atoms with Crippen molar-refractivity contribution in [1.82, 2.24) is 0 Å². The van der Waals surface area contributed by atoms with E-state index in [1.807, 2.05) is 6.08 Å². The minimum Gasteiger partial charge on any atom is -0.103 e. The average molecular weight is 144 g/mol. The molecule has 0 N–H and O–H groups in total. The van der Waals surface area contributed by atoms with Crippen LogP contribution in [0.15, 0.2) is 12.7 Å².